The number of carbonyl (C=O) groups is 1. The Hall–Kier alpha value is -1.51. The maximum Gasteiger partial charge on any atom is 0.306 e. The molecule has 1 rings (SSSR count). The Bertz CT molecular complexity index is 401. The van der Waals surface area contributed by atoms with Gasteiger partial charge in [0.2, 0.25) is 0 Å². The first-order valence-electron chi connectivity index (χ1n) is 5.93. The molecule has 3 nitrogen and oxygen atoms in total. The molecular weight excluding hydrogens is 214 g/mol. The van der Waals surface area contributed by atoms with E-state index in [4.69, 9.17) is 5.11 Å². The summed E-state index contributed by atoms with van der Waals surface area (Å²) in [6.45, 7) is 6.66. The minimum atomic E-state index is -0.723. The van der Waals surface area contributed by atoms with Crippen LogP contribution in [0.25, 0.3) is 0 Å². The van der Waals surface area contributed by atoms with Gasteiger partial charge in [-0.05, 0) is 31.9 Å². The van der Waals surface area contributed by atoms with Crippen LogP contribution in [-0.2, 0) is 4.79 Å². The number of benzene rings is 1. The lowest BCUT2D eigenvalue weighted by atomic mass is 10.1. The Morgan fingerprint density at radius 1 is 1.41 bits per heavy atom. The van der Waals surface area contributed by atoms with E-state index in [1.165, 1.54) is 16.8 Å². The van der Waals surface area contributed by atoms with Gasteiger partial charge in [-0.1, -0.05) is 24.6 Å². The van der Waals surface area contributed by atoms with Crippen LogP contribution in [0.3, 0.4) is 0 Å². The molecule has 0 saturated carbocycles. The summed E-state index contributed by atoms with van der Waals surface area (Å²) in [7, 11) is 2.01. The van der Waals surface area contributed by atoms with E-state index < -0.39 is 5.97 Å². The standard InChI is InChI=1S/C14H21NO2/c1-10-5-6-13(12(3)9-10)15(4)8-7-11(2)14(16)17/h5-6,9,11H,7-8H2,1-4H3,(H,16,17). The Morgan fingerprint density at radius 2 is 2.06 bits per heavy atom. The number of rotatable bonds is 5. The fourth-order valence-electron chi connectivity index (χ4n) is 1.86. The highest BCUT2D eigenvalue weighted by Gasteiger charge is 2.12. The van der Waals surface area contributed by atoms with Crippen molar-refractivity contribution >= 4 is 11.7 Å². The molecule has 0 spiro atoms. The summed E-state index contributed by atoms with van der Waals surface area (Å²) in [5.74, 6) is -1.01. The van der Waals surface area contributed by atoms with Crippen LogP contribution < -0.4 is 4.90 Å². The molecule has 0 heterocycles. The number of anilines is 1. The van der Waals surface area contributed by atoms with Crippen molar-refractivity contribution in [3.63, 3.8) is 0 Å². The first-order valence-corrected chi connectivity index (χ1v) is 5.93. The Labute approximate surface area is 103 Å². The van der Waals surface area contributed by atoms with Gasteiger partial charge in [0.05, 0.1) is 5.92 Å². The molecule has 0 fully saturated rings. The van der Waals surface area contributed by atoms with Crippen LogP contribution in [0.5, 0.6) is 0 Å². The fraction of sp³-hybridized carbons (Fsp3) is 0.500. The lowest BCUT2D eigenvalue weighted by Crippen LogP contribution is -2.23. The maximum atomic E-state index is 10.7. The molecule has 1 N–H and O–H groups in total. The quantitative estimate of drug-likeness (QED) is 0.853. The van der Waals surface area contributed by atoms with Crippen molar-refractivity contribution in [1.82, 2.24) is 0 Å². The average molecular weight is 235 g/mol. The van der Waals surface area contributed by atoms with Crippen molar-refractivity contribution in [3.8, 4) is 0 Å². The smallest absolute Gasteiger partial charge is 0.306 e. The first kappa shape index (κ1) is 13.6. The van der Waals surface area contributed by atoms with E-state index >= 15 is 0 Å². The number of carboxylic acids is 1. The normalized spacial score (nSPS) is 12.2. The van der Waals surface area contributed by atoms with Crippen molar-refractivity contribution in [2.45, 2.75) is 27.2 Å². The highest BCUT2D eigenvalue weighted by molar-refractivity contribution is 5.69. The number of hydrogen-bond donors (Lipinski definition) is 1. The molecule has 3 heteroatoms. The van der Waals surface area contributed by atoms with E-state index in [0.717, 1.165) is 6.54 Å². The number of nitrogens with zero attached hydrogens (tertiary/aromatic N) is 1. The van der Waals surface area contributed by atoms with E-state index in [9.17, 15) is 4.79 Å². The van der Waals surface area contributed by atoms with Gasteiger partial charge in [0.15, 0.2) is 0 Å². The van der Waals surface area contributed by atoms with Crippen molar-refractivity contribution in [2.24, 2.45) is 5.92 Å². The first-order chi connectivity index (χ1) is 7.91. The number of carboxylic acid groups (broad SMARTS) is 1. The van der Waals surface area contributed by atoms with Crippen molar-refractivity contribution in [3.05, 3.63) is 29.3 Å². The molecule has 1 atom stereocenters. The zero-order valence-corrected chi connectivity index (χ0v) is 11.0. The molecule has 0 bridgehead atoms. The van der Waals surface area contributed by atoms with Crippen LogP contribution in [-0.4, -0.2) is 24.7 Å². The molecule has 0 radical (unpaired) electrons. The molecule has 1 aromatic carbocycles. The van der Waals surface area contributed by atoms with Gasteiger partial charge >= 0.3 is 5.97 Å². The monoisotopic (exact) mass is 235 g/mol. The molecule has 17 heavy (non-hydrogen) atoms. The third kappa shape index (κ3) is 3.77. The summed E-state index contributed by atoms with van der Waals surface area (Å²) >= 11 is 0. The minimum absolute atomic E-state index is 0.289. The summed E-state index contributed by atoms with van der Waals surface area (Å²) in [5.41, 5.74) is 3.65. The molecule has 0 aliphatic rings. The number of aryl methyl sites for hydroxylation is 2. The zero-order chi connectivity index (χ0) is 13.0. The number of hydrogen-bond acceptors (Lipinski definition) is 2. The average Bonchev–Trinajstić information content (AvgIpc) is 2.25. The molecule has 94 valence electrons. The Kier molecular flexibility index (Phi) is 4.55. The molecule has 0 aliphatic carbocycles. The lowest BCUT2D eigenvalue weighted by Gasteiger charge is -2.22. The second kappa shape index (κ2) is 5.71. The van der Waals surface area contributed by atoms with Gasteiger partial charge in [-0.25, -0.2) is 0 Å². The highest BCUT2D eigenvalue weighted by Crippen LogP contribution is 2.20. The van der Waals surface area contributed by atoms with Gasteiger partial charge in [-0.3, -0.25) is 4.79 Å². The molecule has 1 aromatic rings. The summed E-state index contributed by atoms with van der Waals surface area (Å²) in [4.78, 5) is 12.9. The fourth-order valence-corrected chi connectivity index (χ4v) is 1.86. The van der Waals surface area contributed by atoms with Crippen LogP contribution in [0.1, 0.15) is 24.5 Å². The maximum absolute atomic E-state index is 10.7. The van der Waals surface area contributed by atoms with E-state index in [1.54, 1.807) is 6.92 Å². The SMILES string of the molecule is Cc1ccc(N(C)CCC(C)C(=O)O)c(C)c1. The Morgan fingerprint density at radius 3 is 2.59 bits per heavy atom. The Balaban J connectivity index is 2.64. The molecule has 0 saturated heterocycles. The van der Waals surface area contributed by atoms with Crippen LogP contribution in [0.2, 0.25) is 0 Å². The van der Waals surface area contributed by atoms with Gasteiger partial charge in [0.25, 0.3) is 0 Å². The van der Waals surface area contributed by atoms with E-state index in [2.05, 4.69) is 36.9 Å². The largest absolute Gasteiger partial charge is 0.481 e. The topological polar surface area (TPSA) is 40.5 Å². The lowest BCUT2D eigenvalue weighted by molar-refractivity contribution is -0.141. The van der Waals surface area contributed by atoms with E-state index in [0.29, 0.717) is 6.42 Å². The van der Waals surface area contributed by atoms with Crippen LogP contribution in [0, 0.1) is 19.8 Å². The predicted octanol–water partition coefficient (Wildman–Crippen LogP) is 2.85. The molecular formula is C14H21NO2. The van der Waals surface area contributed by atoms with Gasteiger partial charge in [-0.2, -0.15) is 0 Å². The third-order valence-corrected chi connectivity index (χ3v) is 3.08. The predicted molar refractivity (Wildman–Crippen MR) is 70.6 cm³/mol. The molecule has 1 unspecified atom stereocenters. The van der Waals surface area contributed by atoms with Crippen LogP contribution in [0.4, 0.5) is 5.69 Å². The van der Waals surface area contributed by atoms with Gasteiger partial charge in [0, 0.05) is 19.3 Å². The van der Waals surface area contributed by atoms with Gasteiger partial charge in [-0.15, -0.1) is 0 Å². The third-order valence-electron chi connectivity index (χ3n) is 3.08. The molecule has 0 amide bonds. The summed E-state index contributed by atoms with van der Waals surface area (Å²) < 4.78 is 0. The van der Waals surface area contributed by atoms with E-state index in [-0.39, 0.29) is 5.92 Å². The minimum Gasteiger partial charge on any atom is -0.481 e. The van der Waals surface area contributed by atoms with Crippen molar-refractivity contribution < 1.29 is 9.90 Å². The second-order valence-corrected chi connectivity index (χ2v) is 4.74. The summed E-state index contributed by atoms with van der Waals surface area (Å²) in [5, 5.41) is 8.84. The zero-order valence-electron chi connectivity index (χ0n) is 11.0. The highest BCUT2D eigenvalue weighted by atomic mass is 16.4. The van der Waals surface area contributed by atoms with Gasteiger partial charge in [0.1, 0.15) is 0 Å². The van der Waals surface area contributed by atoms with E-state index in [1.807, 2.05) is 7.05 Å². The summed E-state index contributed by atoms with van der Waals surface area (Å²) in [6.07, 6.45) is 0.666. The van der Waals surface area contributed by atoms with Crippen LogP contribution in [0.15, 0.2) is 18.2 Å². The van der Waals surface area contributed by atoms with Crippen molar-refractivity contribution in [1.29, 1.82) is 0 Å². The number of aliphatic carboxylic acids is 1. The molecule has 0 aromatic heterocycles. The summed E-state index contributed by atoms with van der Waals surface area (Å²) in [6, 6.07) is 6.32. The van der Waals surface area contributed by atoms with Crippen LogP contribution >= 0.6 is 0 Å². The molecule has 0 aliphatic heterocycles. The second-order valence-electron chi connectivity index (χ2n) is 4.74. The van der Waals surface area contributed by atoms with Gasteiger partial charge < -0.3 is 10.0 Å². The van der Waals surface area contributed by atoms with Crippen molar-refractivity contribution in [2.75, 3.05) is 18.5 Å².